The van der Waals surface area contributed by atoms with Crippen molar-refractivity contribution >= 4 is 22.9 Å². The van der Waals surface area contributed by atoms with Crippen LogP contribution in [0.3, 0.4) is 0 Å². The molecule has 0 aliphatic heterocycles. The molecule has 0 spiro atoms. The summed E-state index contributed by atoms with van der Waals surface area (Å²) in [7, 11) is 0. The minimum atomic E-state index is -0.261. The van der Waals surface area contributed by atoms with Crippen LogP contribution >= 0.6 is 11.3 Å². The maximum Gasteiger partial charge on any atom is 0.230 e. The first kappa shape index (κ1) is 23.7. The van der Waals surface area contributed by atoms with Crippen molar-refractivity contribution in [2.24, 2.45) is 23.0 Å². The molecule has 2 fully saturated rings. The summed E-state index contributed by atoms with van der Waals surface area (Å²) in [4.78, 5) is 17.5. The van der Waals surface area contributed by atoms with Gasteiger partial charge in [0.15, 0.2) is 0 Å². The SMILES string of the molecule is CC1CCC(C(=O)N(c2cc(C#CC(C)(C)C)sc2C#CN)C2CCC(O)CC2)CC1. The first-order chi connectivity index (χ1) is 14.7. The fraction of sp³-hybridized carbons (Fsp3) is 0.654. The number of aliphatic hydroxyl groups excluding tert-OH is 1. The van der Waals surface area contributed by atoms with E-state index in [2.05, 4.69) is 51.5 Å². The van der Waals surface area contributed by atoms with Gasteiger partial charge in [0.25, 0.3) is 0 Å². The Hall–Kier alpha value is -1.95. The fourth-order valence-electron chi connectivity index (χ4n) is 4.54. The summed E-state index contributed by atoms with van der Waals surface area (Å²) in [5.41, 5.74) is 6.34. The van der Waals surface area contributed by atoms with Gasteiger partial charge < -0.3 is 15.7 Å². The number of amides is 1. The van der Waals surface area contributed by atoms with Crippen LogP contribution in [-0.2, 0) is 4.79 Å². The van der Waals surface area contributed by atoms with Crippen LogP contribution in [0.1, 0.15) is 88.8 Å². The largest absolute Gasteiger partial charge is 0.393 e. The number of carbonyl (C=O) groups is 1. The van der Waals surface area contributed by atoms with E-state index in [1.165, 1.54) is 11.3 Å². The molecule has 0 bridgehead atoms. The molecule has 168 valence electrons. The van der Waals surface area contributed by atoms with Crippen LogP contribution in [0, 0.1) is 41.1 Å². The molecule has 0 atom stereocenters. The van der Waals surface area contributed by atoms with Gasteiger partial charge in [0.2, 0.25) is 5.91 Å². The Bertz CT molecular complexity index is 890. The average molecular weight is 441 g/mol. The van der Waals surface area contributed by atoms with E-state index in [1.807, 2.05) is 11.0 Å². The first-order valence-electron chi connectivity index (χ1n) is 11.6. The quantitative estimate of drug-likeness (QED) is 0.520. The standard InChI is InChI=1S/C26H36N2O2S/c1-18-5-7-19(8-6-18)25(30)28(20-9-11-21(29)12-10-20)23-17-22(13-15-26(2,3)4)31-24(23)14-16-27/h17-21,29H,5-12,27H2,1-4H3. The number of anilines is 1. The van der Waals surface area contributed by atoms with Gasteiger partial charge in [-0.1, -0.05) is 18.8 Å². The number of hydrogen-bond donors (Lipinski definition) is 2. The molecule has 0 radical (unpaired) electrons. The third-order valence-corrected chi connectivity index (χ3v) is 7.31. The zero-order chi connectivity index (χ0) is 22.6. The highest BCUT2D eigenvalue weighted by Gasteiger charge is 2.36. The Morgan fingerprint density at radius 3 is 2.32 bits per heavy atom. The number of nitrogens with zero attached hydrogens (tertiary/aromatic N) is 1. The predicted molar refractivity (Wildman–Crippen MR) is 129 cm³/mol. The van der Waals surface area contributed by atoms with Crippen molar-refractivity contribution in [3.8, 4) is 23.8 Å². The molecule has 31 heavy (non-hydrogen) atoms. The molecule has 0 aromatic carbocycles. The van der Waals surface area contributed by atoms with Crippen LogP contribution in [0.4, 0.5) is 5.69 Å². The second-order valence-corrected chi connectivity index (χ2v) is 11.3. The van der Waals surface area contributed by atoms with Crippen molar-refractivity contribution in [3.63, 3.8) is 0 Å². The normalized spacial score (nSPS) is 26.2. The summed E-state index contributed by atoms with van der Waals surface area (Å²) in [6.07, 6.45) is 6.93. The van der Waals surface area contributed by atoms with Crippen molar-refractivity contribution in [3.05, 3.63) is 15.8 Å². The average Bonchev–Trinajstić information content (AvgIpc) is 3.11. The lowest BCUT2D eigenvalue weighted by molar-refractivity contribution is -0.124. The Labute approximate surface area is 191 Å². The van der Waals surface area contributed by atoms with Crippen LogP contribution in [0.2, 0.25) is 0 Å². The highest BCUT2D eigenvalue weighted by atomic mass is 32.1. The second-order valence-electron chi connectivity index (χ2n) is 10.2. The fourth-order valence-corrected chi connectivity index (χ4v) is 5.41. The lowest BCUT2D eigenvalue weighted by Gasteiger charge is -2.38. The van der Waals surface area contributed by atoms with Crippen LogP contribution in [-0.4, -0.2) is 23.2 Å². The molecule has 3 N–H and O–H groups in total. The number of hydrogen-bond acceptors (Lipinski definition) is 4. The molecule has 1 heterocycles. The minimum absolute atomic E-state index is 0.0609. The van der Waals surface area contributed by atoms with Gasteiger partial charge in [0, 0.05) is 23.4 Å². The van der Waals surface area contributed by atoms with Crippen molar-refractivity contribution in [2.75, 3.05) is 4.90 Å². The number of aliphatic hydroxyl groups is 1. The van der Waals surface area contributed by atoms with Crippen molar-refractivity contribution in [1.29, 1.82) is 0 Å². The third kappa shape index (κ3) is 6.28. The molecule has 0 saturated heterocycles. The van der Waals surface area contributed by atoms with Gasteiger partial charge >= 0.3 is 0 Å². The van der Waals surface area contributed by atoms with E-state index in [-0.39, 0.29) is 29.4 Å². The number of carbonyl (C=O) groups excluding carboxylic acids is 1. The van der Waals surface area contributed by atoms with E-state index < -0.39 is 0 Å². The van der Waals surface area contributed by atoms with E-state index in [4.69, 9.17) is 5.73 Å². The van der Waals surface area contributed by atoms with Gasteiger partial charge in [-0.25, -0.2) is 0 Å². The van der Waals surface area contributed by atoms with Crippen LogP contribution in [0.25, 0.3) is 0 Å². The lowest BCUT2D eigenvalue weighted by Crippen LogP contribution is -2.46. The molecule has 2 saturated carbocycles. The van der Waals surface area contributed by atoms with E-state index in [1.54, 1.807) is 0 Å². The predicted octanol–water partition coefficient (Wildman–Crippen LogP) is 4.88. The summed E-state index contributed by atoms with van der Waals surface area (Å²) in [5, 5.41) is 10.0. The summed E-state index contributed by atoms with van der Waals surface area (Å²) < 4.78 is 0. The van der Waals surface area contributed by atoms with Gasteiger partial charge in [-0.15, -0.1) is 11.3 Å². The van der Waals surface area contributed by atoms with Crippen molar-refractivity contribution in [1.82, 2.24) is 0 Å². The molecule has 1 amide bonds. The molecular weight excluding hydrogens is 404 g/mol. The van der Waals surface area contributed by atoms with E-state index in [0.717, 1.165) is 66.8 Å². The highest BCUT2D eigenvalue weighted by Crippen LogP contribution is 2.38. The van der Waals surface area contributed by atoms with Crippen LogP contribution in [0.5, 0.6) is 0 Å². The van der Waals surface area contributed by atoms with Gasteiger partial charge in [-0.05, 0) is 90.0 Å². The van der Waals surface area contributed by atoms with Crippen LogP contribution < -0.4 is 10.6 Å². The van der Waals surface area contributed by atoms with E-state index in [9.17, 15) is 9.90 Å². The molecule has 4 nitrogen and oxygen atoms in total. The Morgan fingerprint density at radius 2 is 1.74 bits per heavy atom. The summed E-state index contributed by atoms with van der Waals surface area (Å²) >= 11 is 1.51. The molecule has 2 aliphatic carbocycles. The third-order valence-electron chi connectivity index (χ3n) is 6.35. The Balaban J connectivity index is 1.99. The summed E-state index contributed by atoms with van der Waals surface area (Å²) in [5.74, 6) is 10.6. The lowest BCUT2D eigenvalue weighted by atomic mass is 9.81. The number of nitrogens with two attached hydrogens (primary N) is 1. The van der Waals surface area contributed by atoms with E-state index in [0.29, 0.717) is 5.92 Å². The molecule has 3 rings (SSSR count). The Kier molecular flexibility index (Phi) is 7.73. The molecule has 1 aromatic heterocycles. The second kappa shape index (κ2) is 10.1. The zero-order valence-electron chi connectivity index (χ0n) is 19.3. The van der Waals surface area contributed by atoms with Gasteiger partial charge in [0.1, 0.15) is 4.88 Å². The summed E-state index contributed by atoms with van der Waals surface area (Å²) in [6, 6.07) is 4.65. The Morgan fingerprint density at radius 1 is 1.10 bits per heavy atom. The zero-order valence-corrected chi connectivity index (χ0v) is 20.1. The maximum atomic E-state index is 13.8. The van der Waals surface area contributed by atoms with Gasteiger partial charge in [-0.3, -0.25) is 4.79 Å². The van der Waals surface area contributed by atoms with Crippen LogP contribution in [0.15, 0.2) is 6.07 Å². The van der Waals surface area contributed by atoms with E-state index >= 15 is 0 Å². The number of rotatable bonds is 3. The molecule has 1 aromatic rings. The highest BCUT2D eigenvalue weighted by molar-refractivity contribution is 7.13. The molecule has 5 heteroatoms. The monoisotopic (exact) mass is 440 g/mol. The number of thiophene rings is 1. The van der Waals surface area contributed by atoms with Crippen molar-refractivity contribution < 1.29 is 9.90 Å². The summed E-state index contributed by atoms with van der Waals surface area (Å²) in [6.45, 7) is 8.53. The van der Waals surface area contributed by atoms with Gasteiger partial charge in [0.05, 0.1) is 16.7 Å². The topological polar surface area (TPSA) is 66.6 Å². The molecule has 0 unspecified atom stereocenters. The minimum Gasteiger partial charge on any atom is -0.393 e. The smallest absolute Gasteiger partial charge is 0.230 e. The molecule has 2 aliphatic rings. The van der Waals surface area contributed by atoms with Gasteiger partial charge in [-0.2, -0.15) is 0 Å². The first-order valence-corrected chi connectivity index (χ1v) is 12.4. The van der Waals surface area contributed by atoms with Crippen molar-refractivity contribution in [2.45, 2.75) is 91.2 Å². The molecular formula is C26H36N2O2S. The maximum absolute atomic E-state index is 13.8.